The maximum atomic E-state index is 13.7. The third-order valence-electron chi connectivity index (χ3n) is 4.03. The summed E-state index contributed by atoms with van der Waals surface area (Å²) in [5.74, 6) is -0.665. The number of halogens is 1. The molecule has 0 saturated carbocycles. The molecule has 0 aliphatic heterocycles. The minimum absolute atomic E-state index is 0.146. The van der Waals surface area contributed by atoms with Crippen LogP contribution in [0, 0.1) is 18.7 Å². The molecule has 1 atom stereocenters. The molecular weight excluding hydrogens is 335 g/mol. The van der Waals surface area contributed by atoms with E-state index in [2.05, 4.69) is 10.6 Å². The molecule has 0 unspecified atom stereocenters. The van der Waals surface area contributed by atoms with Gasteiger partial charge in [-0.05, 0) is 54.8 Å². The summed E-state index contributed by atoms with van der Waals surface area (Å²) in [5, 5.41) is 5.38. The topological polar surface area (TPSA) is 67.4 Å². The van der Waals surface area contributed by atoms with E-state index in [0.717, 1.165) is 0 Å². The number of benzene rings is 2. The molecule has 2 rings (SSSR count). The van der Waals surface area contributed by atoms with E-state index in [9.17, 15) is 14.0 Å². The standard InChI is InChI=1S/C20H23FN2O3/c1-12(2)18(20(25)22-15-8-5-13(3)17(21)11-15)23-19(24)14-6-9-16(26-4)10-7-14/h5-12,18H,1-4H3,(H,22,25)(H,23,24)/t18-/m0/s1. The van der Waals surface area contributed by atoms with Gasteiger partial charge in [-0.2, -0.15) is 0 Å². The molecule has 5 nitrogen and oxygen atoms in total. The zero-order chi connectivity index (χ0) is 19.3. The van der Waals surface area contributed by atoms with Gasteiger partial charge in [0, 0.05) is 11.3 Å². The van der Waals surface area contributed by atoms with Gasteiger partial charge in [-0.3, -0.25) is 9.59 Å². The molecule has 2 N–H and O–H groups in total. The molecule has 138 valence electrons. The normalized spacial score (nSPS) is 11.8. The number of carbonyl (C=O) groups excluding carboxylic acids is 2. The maximum Gasteiger partial charge on any atom is 0.251 e. The molecule has 0 aliphatic rings. The Morgan fingerprint density at radius 1 is 1.08 bits per heavy atom. The SMILES string of the molecule is COc1ccc(C(=O)N[C@H](C(=O)Nc2ccc(C)c(F)c2)C(C)C)cc1. The zero-order valence-electron chi connectivity index (χ0n) is 15.3. The third-order valence-corrected chi connectivity index (χ3v) is 4.03. The number of amides is 2. The van der Waals surface area contributed by atoms with E-state index in [-0.39, 0.29) is 11.8 Å². The van der Waals surface area contributed by atoms with E-state index in [1.54, 1.807) is 50.4 Å². The molecule has 0 aliphatic carbocycles. The molecule has 2 aromatic carbocycles. The Kier molecular flexibility index (Phi) is 6.33. The highest BCUT2D eigenvalue weighted by molar-refractivity contribution is 6.01. The van der Waals surface area contributed by atoms with Gasteiger partial charge in [0.1, 0.15) is 17.6 Å². The fourth-order valence-electron chi connectivity index (χ4n) is 2.39. The number of nitrogens with one attached hydrogen (secondary N) is 2. The van der Waals surface area contributed by atoms with Gasteiger partial charge in [0.05, 0.1) is 7.11 Å². The highest BCUT2D eigenvalue weighted by Gasteiger charge is 2.25. The second-order valence-corrected chi connectivity index (χ2v) is 6.38. The van der Waals surface area contributed by atoms with Crippen molar-refractivity contribution in [1.82, 2.24) is 5.32 Å². The zero-order valence-corrected chi connectivity index (χ0v) is 15.3. The first kappa shape index (κ1) is 19.4. The molecule has 6 heteroatoms. The van der Waals surface area contributed by atoms with E-state index in [4.69, 9.17) is 4.74 Å². The van der Waals surface area contributed by atoms with Crippen molar-refractivity contribution in [2.24, 2.45) is 5.92 Å². The van der Waals surface area contributed by atoms with E-state index in [0.29, 0.717) is 22.6 Å². The molecule has 0 fully saturated rings. The summed E-state index contributed by atoms with van der Waals surface area (Å²) in [6, 6.07) is 10.3. The Morgan fingerprint density at radius 3 is 2.27 bits per heavy atom. The molecule has 0 radical (unpaired) electrons. The minimum atomic E-state index is -0.756. The van der Waals surface area contributed by atoms with Crippen LogP contribution in [0.3, 0.4) is 0 Å². The summed E-state index contributed by atoms with van der Waals surface area (Å²) in [6.45, 7) is 5.30. The predicted octanol–water partition coefficient (Wildman–Crippen LogP) is 3.54. The van der Waals surface area contributed by atoms with Crippen molar-refractivity contribution in [1.29, 1.82) is 0 Å². The number of methoxy groups -OCH3 is 1. The van der Waals surface area contributed by atoms with Crippen LogP contribution in [0.2, 0.25) is 0 Å². The Labute approximate surface area is 152 Å². The van der Waals surface area contributed by atoms with Crippen molar-refractivity contribution in [3.05, 3.63) is 59.4 Å². The van der Waals surface area contributed by atoms with Gasteiger partial charge < -0.3 is 15.4 Å². The lowest BCUT2D eigenvalue weighted by atomic mass is 10.0. The molecule has 0 saturated heterocycles. The van der Waals surface area contributed by atoms with Gasteiger partial charge in [-0.25, -0.2) is 4.39 Å². The molecule has 0 bridgehead atoms. The van der Waals surface area contributed by atoms with Gasteiger partial charge in [0.2, 0.25) is 5.91 Å². The molecule has 2 amide bonds. The van der Waals surface area contributed by atoms with Crippen LogP contribution in [0.4, 0.5) is 10.1 Å². The lowest BCUT2D eigenvalue weighted by Gasteiger charge is -2.22. The van der Waals surface area contributed by atoms with Gasteiger partial charge in [0.15, 0.2) is 0 Å². The molecule has 26 heavy (non-hydrogen) atoms. The van der Waals surface area contributed by atoms with Crippen molar-refractivity contribution in [2.75, 3.05) is 12.4 Å². The average Bonchev–Trinajstić information content (AvgIpc) is 2.62. The summed E-state index contributed by atoms with van der Waals surface area (Å²) < 4.78 is 18.7. The second kappa shape index (κ2) is 8.47. The molecule has 0 heterocycles. The van der Waals surface area contributed by atoms with Crippen molar-refractivity contribution in [3.8, 4) is 5.75 Å². The highest BCUT2D eigenvalue weighted by Crippen LogP contribution is 2.16. The predicted molar refractivity (Wildman–Crippen MR) is 98.9 cm³/mol. The van der Waals surface area contributed by atoms with Crippen molar-refractivity contribution in [3.63, 3.8) is 0 Å². The number of hydrogen-bond donors (Lipinski definition) is 2. The molecule has 0 aromatic heterocycles. The van der Waals surface area contributed by atoms with Crippen LogP contribution in [0.15, 0.2) is 42.5 Å². The fraction of sp³-hybridized carbons (Fsp3) is 0.300. The van der Waals surface area contributed by atoms with Gasteiger partial charge in [-0.1, -0.05) is 19.9 Å². The summed E-state index contributed by atoms with van der Waals surface area (Å²) in [7, 11) is 1.54. The Balaban J connectivity index is 2.10. The number of hydrogen-bond acceptors (Lipinski definition) is 3. The Hall–Kier alpha value is -2.89. The number of carbonyl (C=O) groups is 2. The van der Waals surface area contributed by atoms with Crippen LogP contribution in [-0.4, -0.2) is 25.0 Å². The van der Waals surface area contributed by atoms with E-state index in [1.807, 2.05) is 13.8 Å². The summed E-state index contributed by atoms with van der Waals surface area (Å²) in [5.41, 5.74) is 1.27. The molecule has 2 aromatic rings. The minimum Gasteiger partial charge on any atom is -0.497 e. The highest BCUT2D eigenvalue weighted by atomic mass is 19.1. The number of anilines is 1. The fourth-order valence-corrected chi connectivity index (χ4v) is 2.39. The smallest absolute Gasteiger partial charge is 0.251 e. The summed E-state index contributed by atoms with van der Waals surface area (Å²) in [4.78, 5) is 25.0. The second-order valence-electron chi connectivity index (χ2n) is 6.38. The molecular formula is C20H23FN2O3. The lowest BCUT2D eigenvalue weighted by Crippen LogP contribution is -2.47. The van der Waals surface area contributed by atoms with Crippen molar-refractivity contribution in [2.45, 2.75) is 26.8 Å². The van der Waals surface area contributed by atoms with Crippen LogP contribution in [0.1, 0.15) is 29.8 Å². The van der Waals surface area contributed by atoms with E-state index >= 15 is 0 Å². The van der Waals surface area contributed by atoms with E-state index in [1.165, 1.54) is 6.07 Å². The summed E-state index contributed by atoms with van der Waals surface area (Å²) >= 11 is 0. The van der Waals surface area contributed by atoms with Gasteiger partial charge >= 0.3 is 0 Å². The van der Waals surface area contributed by atoms with Gasteiger partial charge in [-0.15, -0.1) is 0 Å². The summed E-state index contributed by atoms with van der Waals surface area (Å²) in [6.07, 6.45) is 0. The van der Waals surface area contributed by atoms with Crippen LogP contribution < -0.4 is 15.4 Å². The largest absolute Gasteiger partial charge is 0.497 e. The Morgan fingerprint density at radius 2 is 1.73 bits per heavy atom. The first-order valence-corrected chi connectivity index (χ1v) is 8.33. The van der Waals surface area contributed by atoms with Crippen molar-refractivity contribution >= 4 is 17.5 Å². The number of rotatable bonds is 6. The average molecular weight is 358 g/mol. The van der Waals surface area contributed by atoms with Crippen LogP contribution in [0.5, 0.6) is 5.75 Å². The number of ether oxygens (including phenoxy) is 1. The Bertz CT molecular complexity index is 788. The van der Waals surface area contributed by atoms with Crippen LogP contribution in [-0.2, 0) is 4.79 Å². The first-order valence-electron chi connectivity index (χ1n) is 8.33. The maximum absolute atomic E-state index is 13.7. The van der Waals surface area contributed by atoms with E-state index < -0.39 is 17.8 Å². The van der Waals surface area contributed by atoms with Gasteiger partial charge in [0.25, 0.3) is 5.91 Å². The monoisotopic (exact) mass is 358 g/mol. The quantitative estimate of drug-likeness (QED) is 0.830. The van der Waals surface area contributed by atoms with Crippen LogP contribution >= 0.6 is 0 Å². The van der Waals surface area contributed by atoms with Crippen LogP contribution in [0.25, 0.3) is 0 Å². The molecule has 0 spiro atoms. The van der Waals surface area contributed by atoms with Crippen molar-refractivity contribution < 1.29 is 18.7 Å². The first-order chi connectivity index (χ1) is 12.3. The third kappa shape index (κ3) is 4.81. The lowest BCUT2D eigenvalue weighted by molar-refractivity contribution is -0.118. The number of aryl methyl sites for hydroxylation is 1.